The zero-order valence-electron chi connectivity index (χ0n) is 4.33. The third kappa shape index (κ3) is 0.721. The van der Waals surface area contributed by atoms with E-state index in [1.165, 1.54) is 6.26 Å². The van der Waals surface area contributed by atoms with E-state index in [2.05, 4.69) is 4.74 Å². The molecule has 0 aliphatic carbocycles. The molecule has 1 aliphatic rings. The van der Waals surface area contributed by atoms with Crippen LogP contribution in [0.1, 0.15) is 0 Å². The molecule has 0 spiro atoms. The number of rotatable bonds is 1. The molecule has 0 aromatic heterocycles. The molecule has 0 amide bonds. The van der Waals surface area contributed by atoms with Gasteiger partial charge in [-0.05, 0) is 6.08 Å². The number of nitrogens with two attached hydrogens (primary N) is 1. The van der Waals surface area contributed by atoms with Crippen LogP contribution in [0.4, 0.5) is 0 Å². The van der Waals surface area contributed by atoms with E-state index in [1.54, 1.807) is 6.08 Å². The second kappa shape index (κ2) is 1.96. The van der Waals surface area contributed by atoms with Crippen molar-refractivity contribution >= 4 is 5.97 Å². The van der Waals surface area contributed by atoms with Crippen LogP contribution in [0.15, 0.2) is 12.3 Å². The highest BCUT2D eigenvalue weighted by molar-refractivity contribution is 5.77. The first-order valence-corrected chi connectivity index (χ1v) is 2.42. The molecule has 0 aromatic carbocycles. The van der Waals surface area contributed by atoms with E-state index in [1.807, 2.05) is 0 Å². The fourth-order valence-corrected chi connectivity index (χ4v) is 0.542. The Morgan fingerprint density at radius 3 is 2.88 bits per heavy atom. The molecule has 1 rings (SSSR count). The van der Waals surface area contributed by atoms with E-state index in [0.29, 0.717) is 6.54 Å². The minimum atomic E-state index is -0.243. The topological polar surface area (TPSA) is 52.3 Å². The summed E-state index contributed by atoms with van der Waals surface area (Å²) in [7, 11) is 0. The van der Waals surface area contributed by atoms with Crippen molar-refractivity contribution in [1.29, 1.82) is 0 Å². The van der Waals surface area contributed by atoms with Crippen LogP contribution < -0.4 is 5.73 Å². The van der Waals surface area contributed by atoms with Crippen LogP contribution in [0.2, 0.25) is 0 Å². The molecule has 1 atom stereocenters. The van der Waals surface area contributed by atoms with Gasteiger partial charge in [-0.3, -0.25) is 4.79 Å². The zero-order chi connectivity index (χ0) is 5.98. The SMILES string of the molecule is NCC1C=COC1=O. The Labute approximate surface area is 47.1 Å². The maximum atomic E-state index is 10.4. The molecular formula is C5H7NO2. The zero-order valence-corrected chi connectivity index (χ0v) is 4.33. The van der Waals surface area contributed by atoms with E-state index in [-0.39, 0.29) is 11.9 Å². The van der Waals surface area contributed by atoms with Gasteiger partial charge in [0.2, 0.25) is 0 Å². The van der Waals surface area contributed by atoms with Gasteiger partial charge >= 0.3 is 5.97 Å². The lowest BCUT2D eigenvalue weighted by Crippen LogP contribution is -2.18. The fraction of sp³-hybridized carbons (Fsp3) is 0.400. The monoisotopic (exact) mass is 113 g/mol. The molecule has 0 saturated heterocycles. The number of carbonyl (C=O) groups is 1. The average Bonchev–Trinajstić information content (AvgIpc) is 2.14. The second-order valence-electron chi connectivity index (χ2n) is 1.61. The Balaban J connectivity index is 2.53. The predicted molar refractivity (Wildman–Crippen MR) is 27.8 cm³/mol. The molecule has 44 valence electrons. The Hall–Kier alpha value is -0.830. The largest absolute Gasteiger partial charge is 0.434 e. The van der Waals surface area contributed by atoms with Gasteiger partial charge in [0.05, 0.1) is 12.2 Å². The molecule has 0 bridgehead atoms. The van der Waals surface area contributed by atoms with Crippen molar-refractivity contribution in [2.75, 3.05) is 6.54 Å². The number of ether oxygens (including phenoxy) is 1. The quantitative estimate of drug-likeness (QED) is 0.472. The highest BCUT2D eigenvalue weighted by Gasteiger charge is 2.18. The third-order valence-electron chi connectivity index (χ3n) is 1.05. The van der Waals surface area contributed by atoms with Crippen molar-refractivity contribution in [3.05, 3.63) is 12.3 Å². The Kier molecular flexibility index (Phi) is 1.30. The van der Waals surface area contributed by atoms with Crippen LogP contribution in [0.5, 0.6) is 0 Å². The maximum Gasteiger partial charge on any atom is 0.319 e. The minimum Gasteiger partial charge on any atom is -0.434 e. The number of hydrogen-bond donors (Lipinski definition) is 1. The normalized spacial score (nSPS) is 26.1. The van der Waals surface area contributed by atoms with Gasteiger partial charge < -0.3 is 10.5 Å². The molecule has 0 aromatic rings. The first-order valence-electron chi connectivity index (χ1n) is 2.42. The smallest absolute Gasteiger partial charge is 0.319 e. The van der Waals surface area contributed by atoms with Crippen molar-refractivity contribution in [3.8, 4) is 0 Å². The lowest BCUT2D eigenvalue weighted by Gasteiger charge is -1.95. The molecule has 1 aliphatic heterocycles. The van der Waals surface area contributed by atoms with Gasteiger partial charge in [0.15, 0.2) is 0 Å². The first-order chi connectivity index (χ1) is 3.84. The lowest BCUT2D eigenvalue weighted by molar-refractivity contribution is -0.138. The number of cyclic esters (lactones) is 1. The minimum absolute atomic E-state index is 0.199. The van der Waals surface area contributed by atoms with Crippen LogP contribution in [0, 0.1) is 5.92 Å². The predicted octanol–water partition coefficient (Wildman–Crippen LogP) is -0.368. The van der Waals surface area contributed by atoms with Crippen molar-refractivity contribution in [1.82, 2.24) is 0 Å². The number of esters is 1. The molecule has 1 unspecified atom stereocenters. The second-order valence-corrected chi connectivity index (χ2v) is 1.61. The summed E-state index contributed by atoms with van der Waals surface area (Å²) < 4.78 is 4.46. The van der Waals surface area contributed by atoms with Crippen molar-refractivity contribution < 1.29 is 9.53 Å². The van der Waals surface area contributed by atoms with Gasteiger partial charge in [-0.2, -0.15) is 0 Å². The van der Waals surface area contributed by atoms with Gasteiger partial charge in [0, 0.05) is 6.54 Å². The van der Waals surface area contributed by atoms with Crippen LogP contribution in [-0.4, -0.2) is 12.5 Å². The summed E-state index contributed by atoms with van der Waals surface area (Å²) in [6, 6.07) is 0. The third-order valence-corrected chi connectivity index (χ3v) is 1.05. The van der Waals surface area contributed by atoms with E-state index in [9.17, 15) is 4.79 Å². The van der Waals surface area contributed by atoms with Crippen molar-refractivity contribution in [3.63, 3.8) is 0 Å². The Bertz CT molecular complexity index is 130. The molecule has 8 heavy (non-hydrogen) atoms. The summed E-state index contributed by atoms with van der Waals surface area (Å²) in [5.41, 5.74) is 5.17. The maximum absolute atomic E-state index is 10.4. The van der Waals surface area contributed by atoms with Gasteiger partial charge in [-0.1, -0.05) is 0 Å². The standard InChI is InChI=1S/C5H7NO2/c6-3-4-1-2-8-5(4)7/h1-2,4H,3,6H2. The van der Waals surface area contributed by atoms with E-state index in [0.717, 1.165) is 0 Å². The van der Waals surface area contributed by atoms with Gasteiger partial charge in [-0.25, -0.2) is 0 Å². The van der Waals surface area contributed by atoms with Crippen LogP contribution >= 0.6 is 0 Å². The molecular weight excluding hydrogens is 106 g/mol. The summed E-state index contributed by atoms with van der Waals surface area (Å²) >= 11 is 0. The average molecular weight is 113 g/mol. The first kappa shape index (κ1) is 5.31. The number of hydrogen-bond acceptors (Lipinski definition) is 3. The van der Waals surface area contributed by atoms with E-state index < -0.39 is 0 Å². The van der Waals surface area contributed by atoms with Crippen LogP contribution in [-0.2, 0) is 9.53 Å². The summed E-state index contributed by atoms with van der Waals surface area (Å²) in [5, 5.41) is 0. The van der Waals surface area contributed by atoms with E-state index >= 15 is 0 Å². The van der Waals surface area contributed by atoms with Crippen LogP contribution in [0.3, 0.4) is 0 Å². The van der Waals surface area contributed by atoms with Crippen molar-refractivity contribution in [2.24, 2.45) is 11.7 Å². The molecule has 0 fully saturated rings. The summed E-state index contributed by atoms with van der Waals surface area (Å²) in [6.07, 6.45) is 3.03. The molecule has 3 heteroatoms. The molecule has 1 heterocycles. The lowest BCUT2D eigenvalue weighted by atomic mass is 10.2. The molecule has 3 nitrogen and oxygen atoms in total. The van der Waals surface area contributed by atoms with Crippen molar-refractivity contribution in [2.45, 2.75) is 0 Å². The summed E-state index contributed by atoms with van der Waals surface area (Å²) in [4.78, 5) is 10.4. The molecule has 0 radical (unpaired) electrons. The molecule has 2 N–H and O–H groups in total. The summed E-state index contributed by atoms with van der Waals surface area (Å²) in [5.74, 6) is -0.442. The Morgan fingerprint density at radius 1 is 1.88 bits per heavy atom. The fourth-order valence-electron chi connectivity index (χ4n) is 0.542. The Morgan fingerprint density at radius 2 is 2.62 bits per heavy atom. The summed E-state index contributed by atoms with van der Waals surface area (Å²) in [6.45, 7) is 0.343. The van der Waals surface area contributed by atoms with E-state index in [4.69, 9.17) is 5.73 Å². The van der Waals surface area contributed by atoms with Gasteiger partial charge in [0.25, 0.3) is 0 Å². The highest BCUT2D eigenvalue weighted by atomic mass is 16.5. The van der Waals surface area contributed by atoms with Crippen LogP contribution in [0.25, 0.3) is 0 Å². The van der Waals surface area contributed by atoms with Gasteiger partial charge in [-0.15, -0.1) is 0 Å². The molecule has 0 saturated carbocycles. The number of carbonyl (C=O) groups excluding carboxylic acids is 1. The van der Waals surface area contributed by atoms with Gasteiger partial charge in [0.1, 0.15) is 0 Å². The highest BCUT2D eigenvalue weighted by Crippen LogP contribution is 2.07.